The molecule has 0 radical (unpaired) electrons. The van der Waals surface area contributed by atoms with Gasteiger partial charge in [-0.05, 0) is 55.0 Å². The summed E-state index contributed by atoms with van der Waals surface area (Å²) in [6, 6.07) is 20.5. The van der Waals surface area contributed by atoms with Crippen LogP contribution in [0.5, 0.6) is 11.5 Å². The van der Waals surface area contributed by atoms with Crippen LogP contribution in [0.15, 0.2) is 66.7 Å². The number of ether oxygens (including phenoxy) is 2. The molecule has 0 aromatic heterocycles. The van der Waals surface area contributed by atoms with Crippen LogP contribution in [-0.2, 0) is 13.2 Å². The summed E-state index contributed by atoms with van der Waals surface area (Å²) in [7, 11) is 1.60. The van der Waals surface area contributed by atoms with Gasteiger partial charge in [-0.1, -0.05) is 41.4 Å². The zero-order valence-electron chi connectivity index (χ0n) is 15.9. The number of hydrogen-bond acceptors (Lipinski definition) is 3. The van der Waals surface area contributed by atoms with Crippen molar-refractivity contribution in [2.24, 2.45) is 0 Å². The average molecular weight is 396 g/mol. The lowest BCUT2D eigenvalue weighted by atomic mass is 10.1. The quantitative estimate of drug-likeness (QED) is 0.600. The molecule has 0 atom stereocenters. The summed E-state index contributed by atoms with van der Waals surface area (Å²) < 4.78 is 11.2. The van der Waals surface area contributed by atoms with Crippen molar-refractivity contribution < 1.29 is 14.3 Å². The number of halogens is 1. The number of amides is 1. The maximum atomic E-state index is 12.5. The van der Waals surface area contributed by atoms with Crippen LogP contribution in [0.2, 0.25) is 5.02 Å². The van der Waals surface area contributed by atoms with Gasteiger partial charge in [0, 0.05) is 22.7 Å². The lowest BCUT2D eigenvalue weighted by Gasteiger charge is -2.13. The molecule has 0 unspecified atom stereocenters. The van der Waals surface area contributed by atoms with Gasteiger partial charge >= 0.3 is 0 Å². The Morgan fingerprint density at radius 3 is 2.39 bits per heavy atom. The standard InChI is InChI=1S/C23H22ClNO3/c1-16-3-10-21(11-4-16)28-15-19-13-18(7-12-22(19)27-2)23(26)25-14-17-5-8-20(24)9-6-17/h3-13H,14-15H2,1-2H3,(H,25,26). The van der Waals surface area contributed by atoms with Crippen molar-refractivity contribution >= 4 is 17.5 Å². The summed E-state index contributed by atoms with van der Waals surface area (Å²) in [5.74, 6) is 1.29. The molecular formula is C23H22ClNO3. The van der Waals surface area contributed by atoms with Crippen LogP contribution < -0.4 is 14.8 Å². The van der Waals surface area contributed by atoms with Crippen molar-refractivity contribution in [2.75, 3.05) is 7.11 Å². The Bertz CT molecular complexity index is 937. The Morgan fingerprint density at radius 2 is 1.71 bits per heavy atom. The molecule has 0 aliphatic carbocycles. The fourth-order valence-electron chi connectivity index (χ4n) is 2.71. The summed E-state index contributed by atoms with van der Waals surface area (Å²) in [5, 5.41) is 3.59. The van der Waals surface area contributed by atoms with Gasteiger partial charge in [0.05, 0.1) is 7.11 Å². The molecule has 0 heterocycles. The summed E-state index contributed by atoms with van der Waals surface area (Å²) in [6.45, 7) is 2.76. The fraction of sp³-hybridized carbons (Fsp3) is 0.174. The Morgan fingerprint density at radius 1 is 1.00 bits per heavy atom. The minimum absolute atomic E-state index is 0.158. The molecule has 1 amide bonds. The molecule has 3 rings (SSSR count). The minimum Gasteiger partial charge on any atom is -0.496 e. The Balaban J connectivity index is 1.67. The van der Waals surface area contributed by atoms with E-state index in [0.717, 1.165) is 16.9 Å². The van der Waals surface area contributed by atoms with Crippen LogP contribution in [0, 0.1) is 6.92 Å². The van der Waals surface area contributed by atoms with E-state index in [2.05, 4.69) is 5.32 Å². The highest BCUT2D eigenvalue weighted by molar-refractivity contribution is 6.30. The smallest absolute Gasteiger partial charge is 0.251 e. The molecule has 0 saturated carbocycles. The van der Waals surface area contributed by atoms with Crippen LogP contribution in [0.3, 0.4) is 0 Å². The van der Waals surface area contributed by atoms with Gasteiger partial charge in [-0.25, -0.2) is 0 Å². The van der Waals surface area contributed by atoms with Crippen LogP contribution in [-0.4, -0.2) is 13.0 Å². The number of aryl methyl sites for hydroxylation is 1. The number of carbonyl (C=O) groups excluding carboxylic acids is 1. The van der Waals surface area contributed by atoms with Crippen LogP contribution >= 0.6 is 11.6 Å². The van der Waals surface area contributed by atoms with Gasteiger partial charge in [-0.3, -0.25) is 4.79 Å². The van der Waals surface area contributed by atoms with E-state index in [1.807, 2.05) is 43.3 Å². The molecule has 4 nitrogen and oxygen atoms in total. The van der Waals surface area contributed by atoms with Crippen LogP contribution in [0.4, 0.5) is 0 Å². The third-order valence-electron chi connectivity index (χ3n) is 4.32. The van der Waals surface area contributed by atoms with Gasteiger partial charge in [-0.15, -0.1) is 0 Å². The molecular weight excluding hydrogens is 374 g/mol. The Labute approximate surface area is 170 Å². The third-order valence-corrected chi connectivity index (χ3v) is 4.58. The molecule has 3 aromatic rings. The molecule has 3 aromatic carbocycles. The molecule has 28 heavy (non-hydrogen) atoms. The number of benzene rings is 3. The van der Waals surface area contributed by atoms with Crippen molar-refractivity contribution in [2.45, 2.75) is 20.1 Å². The molecule has 0 saturated heterocycles. The van der Waals surface area contributed by atoms with Crippen molar-refractivity contribution in [3.63, 3.8) is 0 Å². The second kappa shape index (κ2) is 9.29. The number of carbonyl (C=O) groups is 1. The first-order valence-corrected chi connectivity index (χ1v) is 9.32. The van der Waals surface area contributed by atoms with E-state index in [9.17, 15) is 4.79 Å². The van der Waals surface area contributed by atoms with Crippen molar-refractivity contribution in [1.29, 1.82) is 0 Å². The maximum Gasteiger partial charge on any atom is 0.251 e. The van der Waals surface area contributed by atoms with E-state index in [0.29, 0.717) is 29.5 Å². The summed E-state index contributed by atoms with van der Waals surface area (Å²) in [6.07, 6.45) is 0. The van der Waals surface area contributed by atoms with Crippen LogP contribution in [0.25, 0.3) is 0 Å². The fourth-order valence-corrected chi connectivity index (χ4v) is 2.84. The molecule has 0 aliphatic heterocycles. The normalized spacial score (nSPS) is 10.4. The summed E-state index contributed by atoms with van der Waals surface area (Å²) in [4.78, 5) is 12.5. The van der Waals surface area contributed by atoms with Gasteiger partial charge in [0.2, 0.25) is 0 Å². The number of hydrogen-bond donors (Lipinski definition) is 1. The van der Waals surface area contributed by atoms with Crippen LogP contribution in [0.1, 0.15) is 27.0 Å². The lowest BCUT2D eigenvalue weighted by molar-refractivity contribution is 0.0950. The highest BCUT2D eigenvalue weighted by atomic mass is 35.5. The van der Waals surface area contributed by atoms with Crippen molar-refractivity contribution in [1.82, 2.24) is 5.32 Å². The largest absolute Gasteiger partial charge is 0.496 e. The van der Waals surface area contributed by atoms with Gasteiger partial charge in [0.1, 0.15) is 18.1 Å². The zero-order chi connectivity index (χ0) is 19.9. The lowest BCUT2D eigenvalue weighted by Crippen LogP contribution is -2.23. The zero-order valence-corrected chi connectivity index (χ0v) is 16.6. The minimum atomic E-state index is -0.158. The monoisotopic (exact) mass is 395 g/mol. The second-order valence-corrected chi connectivity index (χ2v) is 6.87. The van der Waals surface area contributed by atoms with E-state index in [1.54, 1.807) is 37.4 Å². The van der Waals surface area contributed by atoms with E-state index < -0.39 is 0 Å². The van der Waals surface area contributed by atoms with E-state index >= 15 is 0 Å². The average Bonchev–Trinajstić information content (AvgIpc) is 2.72. The van der Waals surface area contributed by atoms with Gasteiger partial charge in [0.15, 0.2) is 0 Å². The van der Waals surface area contributed by atoms with E-state index in [4.69, 9.17) is 21.1 Å². The van der Waals surface area contributed by atoms with Crippen molar-refractivity contribution in [3.05, 3.63) is 94.0 Å². The predicted molar refractivity (Wildman–Crippen MR) is 111 cm³/mol. The van der Waals surface area contributed by atoms with E-state index in [-0.39, 0.29) is 5.91 Å². The summed E-state index contributed by atoms with van der Waals surface area (Å²) >= 11 is 5.89. The Kier molecular flexibility index (Phi) is 6.56. The molecule has 5 heteroatoms. The van der Waals surface area contributed by atoms with Crippen molar-refractivity contribution in [3.8, 4) is 11.5 Å². The molecule has 0 aliphatic rings. The number of nitrogens with one attached hydrogen (secondary N) is 1. The second-order valence-electron chi connectivity index (χ2n) is 6.44. The molecule has 0 spiro atoms. The first-order valence-electron chi connectivity index (χ1n) is 8.94. The highest BCUT2D eigenvalue weighted by Gasteiger charge is 2.11. The van der Waals surface area contributed by atoms with Gasteiger partial charge in [0.25, 0.3) is 5.91 Å². The summed E-state index contributed by atoms with van der Waals surface area (Å²) in [5.41, 5.74) is 3.51. The Hall–Kier alpha value is -2.98. The van der Waals surface area contributed by atoms with E-state index in [1.165, 1.54) is 5.56 Å². The topological polar surface area (TPSA) is 47.6 Å². The third kappa shape index (κ3) is 5.27. The molecule has 0 fully saturated rings. The first-order chi connectivity index (χ1) is 13.5. The number of rotatable bonds is 7. The first kappa shape index (κ1) is 19.8. The maximum absolute atomic E-state index is 12.5. The molecule has 1 N–H and O–H groups in total. The molecule has 144 valence electrons. The number of methoxy groups -OCH3 is 1. The van der Waals surface area contributed by atoms with Gasteiger partial charge < -0.3 is 14.8 Å². The highest BCUT2D eigenvalue weighted by Crippen LogP contribution is 2.22. The van der Waals surface area contributed by atoms with Gasteiger partial charge in [-0.2, -0.15) is 0 Å². The molecule has 0 bridgehead atoms. The predicted octanol–water partition coefficient (Wildman–Crippen LogP) is 5.17. The SMILES string of the molecule is COc1ccc(C(=O)NCc2ccc(Cl)cc2)cc1COc1ccc(C)cc1.